The van der Waals surface area contributed by atoms with Gasteiger partial charge in [-0.15, -0.1) is 11.8 Å². The summed E-state index contributed by atoms with van der Waals surface area (Å²) in [4.78, 5) is 28.5. The molecule has 0 saturated carbocycles. The maximum Gasteiger partial charge on any atom is 0.232 e. The van der Waals surface area contributed by atoms with Crippen LogP contribution in [-0.4, -0.2) is 62.5 Å². The number of nitrogens with zero attached hydrogens (tertiary/aromatic N) is 6. The van der Waals surface area contributed by atoms with Gasteiger partial charge < -0.3 is 9.80 Å². The van der Waals surface area contributed by atoms with Gasteiger partial charge >= 0.3 is 0 Å². The Morgan fingerprint density at radius 3 is 2.54 bits per heavy atom. The molecule has 0 N–H and O–H groups in total. The molecule has 0 aliphatic carbocycles. The van der Waals surface area contributed by atoms with Crippen LogP contribution in [0.1, 0.15) is 50.5 Å². The van der Waals surface area contributed by atoms with Crippen molar-refractivity contribution in [2.45, 2.75) is 50.8 Å². The standard InChI is InChI=1S/C30H35FN6OS/c1-4-9-21(2)28-32-29(27-22(3)34-37(30(27)33-28)24-14-12-23(31)13-15-24)36-17-8-16-35(18-19-36)26(38)20-39-25-10-6-5-7-11-25/h5-7,10-15,21H,4,8-9,16-20H2,1-3H3/t21-/m1/s1. The summed E-state index contributed by atoms with van der Waals surface area (Å²) in [6.07, 6.45) is 2.88. The molecule has 5 rings (SSSR count). The lowest BCUT2D eigenvalue weighted by Crippen LogP contribution is -2.36. The van der Waals surface area contributed by atoms with E-state index in [9.17, 15) is 9.18 Å². The van der Waals surface area contributed by atoms with E-state index in [4.69, 9.17) is 15.1 Å². The Morgan fingerprint density at radius 2 is 1.79 bits per heavy atom. The van der Waals surface area contributed by atoms with E-state index < -0.39 is 0 Å². The van der Waals surface area contributed by atoms with E-state index in [1.807, 2.05) is 42.2 Å². The number of hydrogen-bond donors (Lipinski definition) is 0. The average Bonchev–Trinajstić information content (AvgIpc) is 3.11. The minimum atomic E-state index is -0.287. The second-order valence-electron chi connectivity index (χ2n) is 10.1. The predicted octanol–water partition coefficient (Wildman–Crippen LogP) is 6.00. The van der Waals surface area contributed by atoms with E-state index in [2.05, 4.69) is 18.7 Å². The van der Waals surface area contributed by atoms with Gasteiger partial charge in [0.05, 0.1) is 22.5 Å². The molecule has 2 aromatic heterocycles. The zero-order valence-electron chi connectivity index (χ0n) is 22.8. The van der Waals surface area contributed by atoms with Crippen molar-refractivity contribution in [2.75, 3.05) is 36.8 Å². The molecule has 1 saturated heterocycles. The van der Waals surface area contributed by atoms with Gasteiger partial charge in [0.25, 0.3) is 0 Å². The van der Waals surface area contributed by atoms with Crippen molar-refractivity contribution in [2.24, 2.45) is 0 Å². The molecule has 1 aliphatic heterocycles. The summed E-state index contributed by atoms with van der Waals surface area (Å²) in [7, 11) is 0. The number of aromatic nitrogens is 4. The molecule has 4 aromatic rings. The van der Waals surface area contributed by atoms with Crippen LogP contribution in [0.25, 0.3) is 16.7 Å². The first-order valence-electron chi connectivity index (χ1n) is 13.7. The van der Waals surface area contributed by atoms with E-state index in [1.54, 1.807) is 28.6 Å². The molecule has 0 spiro atoms. The Hall–Kier alpha value is -3.46. The highest BCUT2D eigenvalue weighted by Crippen LogP contribution is 2.32. The smallest absolute Gasteiger partial charge is 0.232 e. The third-order valence-electron chi connectivity index (χ3n) is 7.19. The van der Waals surface area contributed by atoms with Crippen LogP contribution in [0, 0.1) is 12.7 Å². The summed E-state index contributed by atoms with van der Waals surface area (Å²) < 4.78 is 15.5. The summed E-state index contributed by atoms with van der Waals surface area (Å²) in [5, 5.41) is 5.72. The van der Waals surface area contributed by atoms with Gasteiger partial charge in [-0.3, -0.25) is 4.79 Å². The number of aryl methyl sites for hydroxylation is 1. The van der Waals surface area contributed by atoms with Crippen molar-refractivity contribution < 1.29 is 9.18 Å². The summed E-state index contributed by atoms with van der Waals surface area (Å²) in [5.74, 6) is 2.16. The Morgan fingerprint density at radius 1 is 1.03 bits per heavy atom. The SMILES string of the molecule is CCC[C@@H](C)c1nc(N2CCCN(C(=O)CSc3ccccc3)CC2)c2c(C)nn(-c3ccc(F)cc3)c2n1. The van der Waals surface area contributed by atoms with Crippen molar-refractivity contribution >= 4 is 34.5 Å². The zero-order valence-corrected chi connectivity index (χ0v) is 23.6. The molecular formula is C30H35FN6OS. The fourth-order valence-electron chi connectivity index (χ4n) is 5.08. The molecule has 204 valence electrons. The maximum atomic E-state index is 13.7. The number of fused-ring (bicyclic) bond motifs is 1. The number of hydrogen-bond acceptors (Lipinski definition) is 6. The third kappa shape index (κ3) is 6.08. The molecule has 1 atom stereocenters. The van der Waals surface area contributed by atoms with Crippen LogP contribution in [0.4, 0.5) is 10.2 Å². The van der Waals surface area contributed by atoms with Crippen LogP contribution < -0.4 is 4.90 Å². The minimum absolute atomic E-state index is 0.163. The fourth-order valence-corrected chi connectivity index (χ4v) is 5.91. The van der Waals surface area contributed by atoms with Crippen molar-refractivity contribution in [3.05, 3.63) is 71.9 Å². The first kappa shape index (κ1) is 27.1. The molecule has 0 unspecified atom stereocenters. The Balaban J connectivity index is 1.44. The lowest BCUT2D eigenvalue weighted by Gasteiger charge is -2.24. The topological polar surface area (TPSA) is 67.2 Å². The average molecular weight is 547 g/mol. The summed E-state index contributed by atoms with van der Waals surface area (Å²) >= 11 is 1.58. The predicted molar refractivity (Wildman–Crippen MR) is 155 cm³/mol. The van der Waals surface area contributed by atoms with E-state index >= 15 is 0 Å². The largest absolute Gasteiger partial charge is 0.354 e. The number of carbonyl (C=O) groups excluding carboxylic acids is 1. The number of carbonyl (C=O) groups is 1. The molecule has 3 heterocycles. The van der Waals surface area contributed by atoms with Crippen molar-refractivity contribution in [3.63, 3.8) is 0 Å². The van der Waals surface area contributed by atoms with Crippen LogP contribution in [0.5, 0.6) is 0 Å². The molecule has 1 amide bonds. The second kappa shape index (κ2) is 12.2. The summed E-state index contributed by atoms with van der Waals surface area (Å²) in [5.41, 5.74) is 2.32. The number of benzene rings is 2. The Kier molecular flexibility index (Phi) is 8.45. The fraction of sp³-hybridized carbons (Fsp3) is 0.400. The van der Waals surface area contributed by atoms with Gasteiger partial charge in [0.2, 0.25) is 5.91 Å². The van der Waals surface area contributed by atoms with Crippen molar-refractivity contribution in [1.82, 2.24) is 24.6 Å². The van der Waals surface area contributed by atoms with Crippen LogP contribution in [0.3, 0.4) is 0 Å². The molecule has 0 bridgehead atoms. The van der Waals surface area contributed by atoms with E-state index in [1.165, 1.54) is 12.1 Å². The molecule has 7 nitrogen and oxygen atoms in total. The maximum absolute atomic E-state index is 13.7. The molecule has 9 heteroatoms. The number of thioether (sulfide) groups is 1. The monoisotopic (exact) mass is 546 g/mol. The van der Waals surface area contributed by atoms with E-state index in [-0.39, 0.29) is 17.6 Å². The highest BCUT2D eigenvalue weighted by Gasteiger charge is 2.26. The van der Waals surface area contributed by atoms with Crippen LogP contribution >= 0.6 is 11.8 Å². The molecule has 39 heavy (non-hydrogen) atoms. The zero-order chi connectivity index (χ0) is 27.4. The van der Waals surface area contributed by atoms with Gasteiger partial charge in [0.15, 0.2) is 5.65 Å². The van der Waals surface area contributed by atoms with E-state index in [0.717, 1.165) is 71.3 Å². The van der Waals surface area contributed by atoms with Crippen LogP contribution in [-0.2, 0) is 4.79 Å². The molecular weight excluding hydrogens is 511 g/mol. The number of anilines is 1. The van der Waals surface area contributed by atoms with Gasteiger partial charge in [-0.1, -0.05) is 38.5 Å². The van der Waals surface area contributed by atoms with Crippen LogP contribution in [0.15, 0.2) is 59.5 Å². The number of amides is 1. The lowest BCUT2D eigenvalue weighted by atomic mass is 10.1. The minimum Gasteiger partial charge on any atom is -0.354 e. The van der Waals surface area contributed by atoms with Gasteiger partial charge in [-0.05, 0) is 56.2 Å². The first-order chi connectivity index (χ1) is 18.9. The third-order valence-corrected chi connectivity index (χ3v) is 8.18. The lowest BCUT2D eigenvalue weighted by molar-refractivity contribution is -0.128. The quantitative estimate of drug-likeness (QED) is 0.253. The highest BCUT2D eigenvalue weighted by molar-refractivity contribution is 8.00. The van der Waals surface area contributed by atoms with Crippen LogP contribution in [0.2, 0.25) is 0 Å². The second-order valence-corrected chi connectivity index (χ2v) is 11.1. The normalized spacial score (nSPS) is 15.0. The molecule has 1 fully saturated rings. The Labute approximate surface area is 233 Å². The van der Waals surface area contributed by atoms with Gasteiger partial charge in [-0.2, -0.15) is 5.10 Å². The first-order valence-corrected chi connectivity index (χ1v) is 14.7. The van der Waals surface area contributed by atoms with Crippen molar-refractivity contribution in [3.8, 4) is 5.69 Å². The molecule has 1 aliphatic rings. The number of halogens is 1. The summed E-state index contributed by atoms with van der Waals surface area (Å²) in [6, 6.07) is 16.4. The van der Waals surface area contributed by atoms with E-state index in [0.29, 0.717) is 18.8 Å². The van der Waals surface area contributed by atoms with Gasteiger partial charge in [0.1, 0.15) is 17.5 Å². The number of rotatable bonds is 8. The van der Waals surface area contributed by atoms with Crippen molar-refractivity contribution in [1.29, 1.82) is 0 Å². The van der Waals surface area contributed by atoms with Gasteiger partial charge in [0, 0.05) is 37.0 Å². The Bertz CT molecular complexity index is 1430. The summed E-state index contributed by atoms with van der Waals surface area (Å²) in [6.45, 7) is 9.16. The molecule has 0 radical (unpaired) electrons. The molecule has 2 aromatic carbocycles. The highest BCUT2D eigenvalue weighted by atomic mass is 32.2. The van der Waals surface area contributed by atoms with Gasteiger partial charge in [-0.25, -0.2) is 19.0 Å².